The van der Waals surface area contributed by atoms with Crippen molar-refractivity contribution < 1.29 is 9.72 Å². The van der Waals surface area contributed by atoms with Crippen LogP contribution in [-0.2, 0) is 6.54 Å². The molecule has 132 valence electrons. The van der Waals surface area contributed by atoms with Crippen LogP contribution in [0.3, 0.4) is 0 Å². The van der Waals surface area contributed by atoms with E-state index in [1.165, 1.54) is 12.4 Å². The predicted molar refractivity (Wildman–Crippen MR) is 92.3 cm³/mol. The molecule has 1 N–H and O–H groups in total. The largest absolute Gasteiger partial charge is 0.343 e. The maximum absolute atomic E-state index is 12.7. The smallest absolute Gasteiger partial charge is 0.288 e. The highest BCUT2D eigenvalue weighted by Crippen LogP contribution is 2.18. The molecule has 26 heavy (non-hydrogen) atoms. The molecule has 0 aliphatic rings. The summed E-state index contributed by atoms with van der Waals surface area (Å²) in [6, 6.07) is 10.2. The Morgan fingerprint density at radius 3 is 2.77 bits per heavy atom. The molecule has 0 fully saturated rings. The first-order valence-corrected chi connectivity index (χ1v) is 7.84. The minimum absolute atomic E-state index is 0.165. The van der Waals surface area contributed by atoms with Crippen molar-refractivity contribution in [2.24, 2.45) is 0 Å². The van der Waals surface area contributed by atoms with E-state index >= 15 is 0 Å². The van der Waals surface area contributed by atoms with Gasteiger partial charge in [-0.2, -0.15) is 5.10 Å². The number of aryl methyl sites for hydroxylation is 1. The van der Waals surface area contributed by atoms with Crippen LogP contribution in [0.2, 0.25) is 0 Å². The van der Waals surface area contributed by atoms with Crippen LogP contribution in [-0.4, -0.2) is 30.6 Å². The Balaban J connectivity index is 1.88. The summed E-state index contributed by atoms with van der Waals surface area (Å²) in [5, 5.41) is 17.9. The molecular weight excluding hydrogens is 336 g/mol. The van der Waals surface area contributed by atoms with Crippen molar-refractivity contribution in [2.45, 2.75) is 19.5 Å². The van der Waals surface area contributed by atoms with Gasteiger partial charge in [-0.1, -0.05) is 30.3 Å². The molecule has 9 heteroatoms. The Kier molecular flexibility index (Phi) is 4.97. The monoisotopic (exact) mass is 352 g/mol. The number of rotatable bonds is 6. The van der Waals surface area contributed by atoms with Gasteiger partial charge in [0.2, 0.25) is 0 Å². The molecule has 1 aromatic carbocycles. The zero-order valence-electron chi connectivity index (χ0n) is 13.9. The summed E-state index contributed by atoms with van der Waals surface area (Å²) in [6.07, 6.45) is 4.11. The molecule has 0 bridgehead atoms. The van der Waals surface area contributed by atoms with Crippen molar-refractivity contribution in [1.82, 2.24) is 25.1 Å². The first-order chi connectivity index (χ1) is 12.5. The lowest BCUT2D eigenvalue weighted by atomic mass is 10.1. The number of nitrogens with zero attached hydrogens (tertiary/aromatic N) is 5. The quantitative estimate of drug-likeness (QED) is 0.536. The third kappa shape index (κ3) is 3.89. The molecule has 0 radical (unpaired) electrons. The maximum Gasteiger partial charge on any atom is 0.288 e. The maximum atomic E-state index is 12.7. The van der Waals surface area contributed by atoms with Gasteiger partial charge < -0.3 is 5.32 Å². The van der Waals surface area contributed by atoms with Crippen LogP contribution in [0.1, 0.15) is 27.7 Å². The molecule has 1 amide bonds. The van der Waals surface area contributed by atoms with E-state index in [-0.39, 0.29) is 17.3 Å². The van der Waals surface area contributed by atoms with Crippen LogP contribution in [0.4, 0.5) is 5.69 Å². The highest BCUT2D eigenvalue weighted by atomic mass is 16.6. The van der Waals surface area contributed by atoms with Crippen molar-refractivity contribution in [2.75, 3.05) is 0 Å². The molecular formula is C17H16N6O3. The number of carbonyl (C=O) groups excluding carboxylic acids is 1. The van der Waals surface area contributed by atoms with E-state index in [9.17, 15) is 14.9 Å². The zero-order valence-corrected chi connectivity index (χ0v) is 13.9. The van der Waals surface area contributed by atoms with Gasteiger partial charge in [-0.25, -0.2) is 4.98 Å². The summed E-state index contributed by atoms with van der Waals surface area (Å²) in [4.78, 5) is 31.0. The second-order valence-electron chi connectivity index (χ2n) is 5.64. The summed E-state index contributed by atoms with van der Waals surface area (Å²) in [6.45, 7) is 2.00. The van der Waals surface area contributed by atoms with Gasteiger partial charge in [0.25, 0.3) is 11.6 Å². The Morgan fingerprint density at radius 2 is 2.12 bits per heavy atom. The molecule has 0 saturated carbocycles. The number of carbonyl (C=O) groups is 1. The molecule has 0 spiro atoms. The fraction of sp³-hybridized carbons (Fsp3) is 0.176. The van der Waals surface area contributed by atoms with Gasteiger partial charge in [0.1, 0.15) is 18.9 Å². The zero-order chi connectivity index (χ0) is 18.5. The fourth-order valence-corrected chi connectivity index (χ4v) is 2.52. The second-order valence-corrected chi connectivity index (χ2v) is 5.64. The van der Waals surface area contributed by atoms with Crippen molar-refractivity contribution in [3.05, 3.63) is 82.2 Å². The molecule has 3 rings (SSSR count). The second kappa shape index (κ2) is 7.51. The average Bonchev–Trinajstić information content (AvgIpc) is 3.15. The van der Waals surface area contributed by atoms with Gasteiger partial charge in [-0.05, 0) is 12.5 Å². The lowest BCUT2D eigenvalue weighted by molar-refractivity contribution is -0.385. The number of nitrogens with one attached hydrogen (secondary N) is 1. The first-order valence-electron chi connectivity index (χ1n) is 7.84. The van der Waals surface area contributed by atoms with Crippen LogP contribution < -0.4 is 5.32 Å². The van der Waals surface area contributed by atoms with E-state index in [0.29, 0.717) is 12.2 Å². The molecule has 1 atom stereocenters. The van der Waals surface area contributed by atoms with Crippen molar-refractivity contribution in [3.63, 3.8) is 0 Å². The van der Waals surface area contributed by atoms with E-state index in [1.54, 1.807) is 17.9 Å². The molecule has 0 aliphatic heterocycles. The topological polar surface area (TPSA) is 116 Å². The lowest BCUT2D eigenvalue weighted by Crippen LogP contribution is -2.32. The van der Waals surface area contributed by atoms with Gasteiger partial charge in [-0.15, -0.1) is 0 Å². The van der Waals surface area contributed by atoms with Crippen molar-refractivity contribution in [3.8, 4) is 0 Å². The summed E-state index contributed by atoms with van der Waals surface area (Å²) >= 11 is 0. The van der Waals surface area contributed by atoms with Gasteiger partial charge in [0.15, 0.2) is 0 Å². The molecule has 2 aromatic heterocycles. The molecule has 2 heterocycles. The summed E-state index contributed by atoms with van der Waals surface area (Å²) in [5.74, 6) is -0.437. The average molecular weight is 352 g/mol. The summed E-state index contributed by atoms with van der Waals surface area (Å²) in [7, 11) is 0. The van der Waals surface area contributed by atoms with Crippen LogP contribution >= 0.6 is 0 Å². The van der Waals surface area contributed by atoms with Crippen molar-refractivity contribution in [1.29, 1.82) is 0 Å². The van der Waals surface area contributed by atoms with E-state index < -0.39 is 10.8 Å². The number of hydrogen-bond donors (Lipinski definition) is 1. The van der Waals surface area contributed by atoms with Gasteiger partial charge in [-0.3, -0.25) is 24.6 Å². The predicted octanol–water partition coefficient (Wildman–Crippen LogP) is 2.06. The molecule has 1 unspecified atom stereocenters. The van der Waals surface area contributed by atoms with E-state index in [2.05, 4.69) is 20.4 Å². The van der Waals surface area contributed by atoms with E-state index in [4.69, 9.17) is 0 Å². The Morgan fingerprint density at radius 1 is 1.35 bits per heavy atom. The number of aromatic nitrogens is 4. The fourth-order valence-electron chi connectivity index (χ4n) is 2.52. The number of nitro groups is 1. The van der Waals surface area contributed by atoms with Crippen LogP contribution in [0, 0.1) is 17.0 Å². The minimum atomic E-state index is -0.576. The highest BCUT2D eigenvalue weighted by Gasteiger charge is 2.20. The SMILES string of the molecule is Cc1ncc([N+](=O)[O-])cc1C(=O)NC(Cn1cncn1)c1ccccc1. The third-order valence-electron chi connectivity index (χ3n) is 3.87. The van der Waals surface area contributed by atoms with Crippen LogP contribution in [0.5, 0.6) is 0 Å². The summed E-state index contributed by atoms with van der Waals surface area (Å²) < 4.78 is 1.61. The molecule has 3 aromatic rings. The third-order valence-corrected chi connectivity index (χ3v) is 3.87. The van der Waals surface area contributed by atoms with Crippen LogP contribution in [0.25, 0.3) is 0 Å². The van der Waals surface area contributed by atoms with Crippen molar-refractivity contribution >= 4 is 11.6 Å². The number of pyridine rings is 1. The summed E-state index contributed by atoms with van der Waals surface area (Å²) in [5.41, 5.74) is 1.24. The number of benzene rings is 1. The standard InChI is InChI=1S/C17H16N6O3/c1-12-15(7-14(8-19-12)23(25)26)17(24)21-16(9-22-11-18-10-20-22)13-5-3-2-4-6-13/h2-8,10-11,16H,9H2,1H3,(H,21,24). The Hall–Kier alpha value is -3.62. The normalized spacial score (nSPS) is 11.7. The van der Waals surface area contributed by atoms with Gasteiger partial charge in [0, 0.05) is 6.07 Å². The van der Waals surface area contributed by atoms with E-state index in [0.717, 1.165) is 11.8 Å². The van der Waals surface area contributed by atoms with Gasteiger partial charge in [0.05, 0.1) is 28.8 Å². The van der Waals surface area contributed by atoms with Crippen LogP contribution in [0.15, 0.2) is 55.2 Å². The Bertz CT molecular complexity index is 912. The molecule has 0 saturated heterocycles. The molecule has 9 nitrogen and oxygen atoms in total. The Labute approximate surface area is 148 Å². The van der Waals surface area contributed by atoms with E-state index in [1.807, 2.05) is 30.3 Å². The first kappa shape index (κ1) is 17.2. The number of amides is 1. The lowest BCUT2D eigenvalue weighted by Gasteiger charge is -2.19. The van der Waals surface area contributed by atoms with Gasteiger partial charge >= 0.3 is 0 Å². The molecule has 0 aliphatic carbocycles. The number of hydrogen-bond acceptors (Lipinski definition) is 6. The highest BCUT2D eigenvalue weighted by molar-refractivity contribution is 5.96. The minimum Gasteiger partial charge on any atom is -0.343 e.